The summed E-state index contributed by atoms with van der Waals surface area (Å²) in [6, 6.07) is 10.6. The molecule has 2 heterocycles. The number of benzene rings is 1. The molecule has 2 aliphatic rings. The molecule has 1 N–H and O–H groups in total. The number of aryl methyl sites for hydroxylation is 1. The van der Waals surface area contributed by atoms with Crippen LogP contribution < -0.4 is 10.9 Å². The van der Waals surface area contributed by atoms with Crippen LogP contribution in [0.3, 0.4) is 0 Å². The molecule has 0 spiro atoms. The van der Waals surface area contributed by atoms with Crippen LogP contribution >= 0.6 is 0 Å². The molecule has 1 aliphatic carbocycles. The second-order valence-electron chi connectivity index (χ2n) is 9.71. The van der Waals surface area contributed by atoms with Crippen LogP contribution in [0.4, 0.5) is 5.95 Å². The third kappa shape index (κ3) is 5.00. The molecule has 1 aromatic carbocycles. The largest absolute Gasteiger partial charge is 0.380 e. The summed E-state index contributed by atoms with van der Waals surface area (Å²) < 4.78 is 7.21. The SMILES string of the molecule is CCCCc1nc(NC)n(CC2(C)COC2)c(=O)c1Cc1ccc(C2=CCCC=C2C#N)cc1. The molecule has 0 amide bonds. The van der Waals surface area contributed by atoms with Gasteiger partial charge in [0.05, 0.1) is 30.6 Å². The fourth-order valence-electron chi connectivity index (χ4n) is 4.69. The van der Waals surface area contributed by atoms with Gasteiger partial charge in [0.15, 0.2) is 0 Å². The lowest BCUT2D eigenvalue weighted by Gasteiger charge is -2.38. The first kappa shape index (κ1) is 24.0. The predicted octanol–water partition coefficient (Wildman–Crippen LogP) is 4.88. The van der Waals surface area contributed by atoms with E-state index >= 15 is 0 Å². The standard InChI is InChI=1S/C28H34N4O2/c1-4-5-10-25-24(26(33)32(27(30-3)31-25)17-28(2)18-34-19-28)15-20-11-13-21(14-12-20)23-9-7-6-8-22(23)16-29/h8-9,11-14H,4-7,10,15,17-19H2,1-3H3,(H,30,31). The maximum Gasteiger partial charge on any atom is 0.258 e. The summed E-state index contributed by atoms with van der Waals surface area (Å²) in [5.74, 6) is 0.628. The zero-order chi connectivity index (χ0) is 24.1. The van der Waals surface area contributed by atoms with Gasteiger partial charge in [0.25, 0.3) is 5.56 Å². The van der Waals surface area contributed by atoms with E-state index in [9.17, 15) is 10.1 Å². The van der Waals surface area contributed by atoms with Crippen LogP contribution in [0.2, 0.25) is 0 Å². The van der Waals surface area contributed by atoms with E-state index in [1.165, 1.54) is 0 Å². The highest BCUT2D eigenvalue weighted by molar-refractivity contribution is 5.83. The molecule has 0 atom stereocenters. The van der Waals surface area contributed by atoms with Crippen molar-refractivity contribution in [2.24, 2.45) is 5.41 Å². The van der Waals surface area contributed by atoms with Crippen molar-refractivity contribution in [2.75, 3.05) is 25.6 Å². The lowest BCUT2D eigenvalue weighted by molar-refractivity contribution is -0.110. The normalized spacial score (nSPS) is 16.8. The van der Waals surface area contributed by atoms with Crippen molar-refractivity contribution < 1.29 is 4.74 Å². The third-order valence-corrected chi connectivity index (χ3v) is 6.70. The molecule has 6 nitrogen and oxygen atoms in total. The lowest BCUT2D eigenvalue weighted by Crippen LogP contribution is -2.46. The Morgan fingerprint density at radius 2 is 1.94 bits per heavy atom. The van der Waals surface area contributed by atoms with Crippen molar-refractivity contribution in [3.63, 3.8) is 0 Å². The van der Waals surface area contributed by atoms with Crippen molar-refractivity contribution in [3.8, 4) is 6.07 Å². The van der Waals surface area contributed by atoms with Crippen molar-refractivity contribution in [1.82, 2.24) is 9.55 Å². The first-order valence-electron chi connectivity index (χ1n) is 12.3. The van der Waals surface area contributed by atoms with Gasteiger partial charge in [0, 0.05) is 31.0 Å². The number of hydrogen-bond donors (Lipinski definition) is 1. The average molecular weight is 459 g/mol. The van der Waals surface area contributed by atoms with Crippen molar-refractivity contribution in [3.05, 3.63) is 74.7 Å². The van der Waals surface area contributed by atoms with E-state index in [0.717, 1.165) is 65.6 Å². The topological polar surface area (TPSA) is 79.9 Å². The summed E-state index contributed by atoms with van der Waals surface area (Å²) in [5.41, 5.74) is 5.51. The summed E-state index contributed by atoms with van der Waals surface area (Å²) in [7, 11) is 1.82. The molecule has 1 aliphatic heterocycles. The van der Waals surface area contributed by atoms with E-state index in [-0.39, 0.29) is 11.0 Å². The minimum Gasteiger partial charge on any atom is -0.380 e. The Balaban J connectivity index is 1.67. The van der Waals surface area contributed by atoms with Crippen LogP contribution in [0.15, 0.2) is 46.8 Å². The maximum atomic E-state index is 13.7. The molecule has 1 aromatic heterocycles. The Kier molecular flexibility index (Phi) is 7.33. The fourth-order valence-corrected chi connectivity index (χ4v) is 4.69. The van der Waals surface area contributed by atoms with Gasteiger partial charge in [0.1, 0.15) is 0 Å². The first-order chi connectivity index (χ1) is 16.5. The number of nitriles is 1. The number of nitrogens with zero attached hydrogens (tertiary/aromatic N) is 3. The maximum absolute atomic E-state index is 13.7. The van der Waals surface area contributed by atoms with Crippen LogP contribution in [0.1, 0.15) is 61.9 Å². The number of anilines is 1. The quantitative estimate of drug-likeness (QED) is 0.579. The number of rotatable bonds is 9. The monoisotopic (exact) mass is 458 g/mol. The van der Waals surface area contributed by atoms with Crippen LogP contribution in [0.5, 0.6) is 0 Å². The van der Waals surface area contributed by atoms with Gasteiger partial charge in [-0.25, -0.2) is 4.98 Å². The molecule has 0 bridgehead atoms. The van der Waals surface area contributed by atoms with Gasteiger partial charge in [0.2, 0.25) is 5.95 Å². The number of unbranched alkanes of at least 4 members (excludes halogenated alkanes) is 1. The molecule has 2 aromatic rings. The number of aromatic nitrogens is 2. The minimum absolute atomic E-state index is 0.0346. The summed E-state index contributed by atoms with van der Waals surface area (Å²) in [5, 5.41) is 12.6. The number of hydrogen-bond acceptors (Lipinski definition) is 5. The van der Waals surface area contributed by atoms with Crippen molar-refractivity contribution >= 4 is 11.5 Å². The molecule has 1 fully saturated rings. The Labute approximate surface area is 202 Å². The van der Waals surface area contributed by atoms with E-state index in [0.29, 0.717) is 32.1 Å². The van der Waals surface area contributed by atoms with E-state index in [1.54, 1.807) is 4.57 Å². The van der Waals surface area contributed by atoms with Gasteiger partial charge in [-0.3, -0.25) is 9.36 Å². The number of allylic oxidation sites excluding steroid dienone is 4. The Morgan fingerprint density at radius 1 is 1.21 bits per heavy atom. The van der Waals surface area contributed by atoms with Crippen LogP contribution in [0, 0.1) is 16.7 Å². The second-order valence-corrected chi connectivity index (χ2v) is 9.71. The van der Waals surface area contributed by atoms with E-state index in [2.05, 4.69) is 55.6 Å². The highest BCUT2D eigenvalue weighted by Crippen LogP contribution is 2.30. The molecule has 1 saturated heterocycles. The van der Waals surface area contributed by atoms with Gasteiger partial charge >= 0.3 is 0 Å². The molecule has 178 valence electrons. The number of nitrogens with one attached hydrogen (secondary N) is 1. The lowest BCUT2D eigenvalue weighted by atomic mass is 9.88. The molecular weight excluding hydrogens is 424 g/mol. The zero-order valence-corrected chi connectivity index (χ0v) is 20.5. The molecule has 6 heteroatoms. The molecule has 0 radical (unpaired) electrons. The first-order valence-corrected chi connectivity index (χ1v) is 12.3. The van der Waals surface area contributed by atoms with Gasteiger partial charge in [-0.05, 0) is 42.4 Å². The van der Waals surface area contributed by atoms with Gasteiger partial charge in [-0.15, -0.1) is 0 Å². The highest BCUT2D eigenvalue weighted by atomic mass is 16.5. The van der Waals surface area contributed by atoms with Gasteiger partial charge in [-0.2, -0.15) is 5.26 Å². The fraction of sp³-hybridized carbons (Fsp3) is 0.464. The summed E-state index contributed by atoms with van der Waals surface area (Å²) in [6.45, 7) is 6.21. The molecule has 0 unspecified atom stereocenters. The molecule has 0 saturated carbocycles. The van der Waals surface area contributed by atoms with Crippen LogP contribution in [-0.2, 0) is 24.1 Å². The Morgan fingerprint density at radius 3 is 2.56 bits per heavy atom. The Bertz CT molecular complexity index is 1190. The zero-order valence-electron chi connectivity index (χ0n) is 20.5. The smallest absolute Gasteiger partial charge is 0.258 e. The van der Waals surface area contributed by atoms with Gasteiger partial charge < -0.3 is 10.1 Å². The van der Waals surface area contributed by atoms with Crippen LogP contribution in [-0.4, -0.2) is 29.8 Å². The summed E-state index contributed by atoms with van der Waals surface area (Å²) >= 11 is 0. The second kappa shape index (κ2) is 10.4. The molecule has 34 heavy (non-hydrogen) atoms. The van der Waals surface area contributed by atoms with E-state index in [4.69, 9.17) is 9.72 Å². The average Bonchev–Trinajstić information content (AvgIpc) is 2.85. The summed E-state index contributed by atoms with van der Waals surface area (Å²) in [4.78, 5) is 18.6. The van der Waals surface area contributed by atoms with Crippen molar-refractivity contribution in [2.45, 2.75) is 58.9 Å². The third-order valence-electron chi connectivity index (χ3n) is 6.70. The van der Waals surface area contributed by atoms with Crippen LogP contribution in [0.25, 0.3) is 5.57 Å². The molecule has 4 rings (SSSR count). The molecular formula is C28H34N4O2. The predicted molar refractivity (Wildman–Crippen MR) is 136 cm³/mol. The van der Waals surface area contributed by atoms with E-state index < -0.39 is 0 Å². The number of ether oxygens (including phenoxy) is 1. The van der Waals surface area contributed by atoms with Crippen molar-refractivity contribution in [1.29, 1.82) is 5.26 Å². The van der Waals surface area contributed by atoms with Gasteiger partial charge in [-0.1, -0.05) is 56.7 Å². The minimum atomic E-state index is -0.0410. The highest BCUT2D eigenvalue weighted by Gasteiger charge is 2.35. The summed E-state index contributed by atoms with van der Waals surface area (Å²) in [6.07, 6.45) is 9.39. The Hall–Kier alpha value is -3.17. The van der Waals surface area contributed by atoms with E-state index in [1.807, 2.05) is 13.1 Å².